The van der Waals surface area contributed by atoms with E-state index in [-0.39, 0.29) is 30.0 Å². The fourth-order valence-corrected chi connectivity index (χ4v) is 3.27. The maximum Gasteiger partial charge on any atom is 0.309 e. The van der Waals surface area contributed by atoms with Crippen molar-refractivity contribution in [1.29, 1.82) is 0 Å². The lowest BCUT2D eigenvalue weighted by molar-refractivity contribution is -0.151. The van der Waals surface area contributed by atoms with Gasteiger partial charge in [-0.3, -0.25) is 14.0 Å². The number of aryl methyl sites for hydroxylation is 2. The predicted octanol–water partition coefficient (Wildman–Crippen LogP) is 3.95. The van der Waals surface area contributed by atoms with E-state index in [1.165, 1.54) is 16.0 Å². The molecule has 0 aliphatic rings. The van der Waals surface area contributed by atoms with Gasteiger partial charge < -0.3 is 4.74 Å². The molecule has 0 saturated carbocycles. The van der Waals surface area contributed by atoms with Crippen LogP contribution in [0.1, 0.15) is 37.1 Å². The van der Waals surface area contributed by atoms with Crippen LogP contribution in [0.25, 0.3) is 5.65 Å². The molecular formula is C23H26N2O3. The lowest BCUT2D eigenvalue weighted by atomic mass is 9.89. The van der Waals surface area contributed by atoms with Crippen LogP contribution in [0, 0.1) is 18.8 Å². The van der Waals surface area contributed by atoms with Gasteiger partial charge in [0.25, 0.3) is 5.56 Å². The smallest absolute Gasteiger partial charge is 0.309 e. The first-order chi connectivity index (χ1) is 13.4. The van der Waals surface area contributed by atoms with Gasteiger partial charge >= 0.3 is 5.97 Å². The Morgan fingerprint density at radius 3 is 2.61 bits per heavy atom. The summed E-state index contributed by atoms with van der Waals surface area (Å²) in [6.07, 6.45) is 3.31. The minimum Gasteiger partial charge on any atom is -0.459 e. The first-order valence-electron chi connectivity index (χ1n) is 9.63. The van der Waals surface area contributed by atoms with Gasteiger partial charge in [0.05, 0.1) is 11.6 Å². The van der Waals surface area contributed by atoms with Gasteiger partial charge in [0.1, 0.15) is 12.3 Å². The van der Waals surface area contributed by atoms with E-state index in [2.05, 4.69) is 17.1 Å². The molecular weight excluding hydrogens is 352 g/mol. The highest BCUT2D eigenvalue weighted by molar-refractivity contribution is 5.72. The van der Waals surface area contributed by atoms with Crippen LogP contribution in [-0.2, 0) is 22.6 Å². The van der Waals surface area contributed by atoms with Crippen molar-refractivity contribution in [2.24, 2.45) is 11.8 Å². The fourth-order valence-electron chi connectivity index (χ4n) is 3.27. The van der Waals surface area contributed by atoms with Crippen molar-refractivity contribution in [2.45, 2.75) is 40.2 Å². The molecule has 1 unspecified atom stereocenters. The van der Waals surface area contributed by atoms with Gasteiger partial charge in [-0.2, -0.15) is 0 Å². The van der Waals surface area contributed by atoms with Crippen molar-refractivity contribution in [3.63, 3.8) is 0 Å². The molecule has 0 aliphatic carbocycles. The number of pyridine rings is 1. The molecule has 0 radical (unpaired) electrons. The average molecular weight is 378 g/mol. The summed E-state index contributed by atoms with van der Waals surface area (Å²) >= 11 is 0. The predicted molar refractivity (Wildman–Crippen MR) is 109 cm³/mol. The van der Waals surface area contributed by atoms with E-state index in [4.69, 9.17) is 4.74 Å². The molecule has 1 atom stereocenters. The lowest BCUT2D eigenvalue weighted by Gasteiger charge is -2.19. The summed E-state index contributed by atoms with van der Waals surface area (Å²) in [4.78, 5) is 29.4. The topological polar surface area (TPSA) is 60.7 Å². The van der Waals surface area contributed by atoms with Gasteiger partial charge in [-0.05, 0) is 42.9 Å². The van der Waals surface area contributed by atoms with Crippen molar-refractivity contribution in [3.8, 4) is 0 Å². The van der Waals surface area contributed by atoms with Crippen molar-refractivity contribution in [2.75, 3.05) is 0 Å². The van der Waals surface area contributed by atoms with E-state index in [0.29, 0.717) is 11.3 Å². The van der Waals surface area contributed by atoms with Crippen LogP contribution in [0.15, 0.2) is 59.5 Å². The Hall–Kier alpha value is -2.95. The second-order valence-electron chi connectivity index (χ2n) is 7.50. The molecule has 2 aromatic heterocycles. The zero-order chi connectivity index (χ0) is 20.1. The number of rotatable bonds is 7. The number of nitrogens with zero attached hydrogens (tertiary/aromatic N) is 2. The molecule has 3 rings (SSSR count). The van der Waals surface area contributed by atoms with Gasteiger partial charge in [0, 0.05) is 12.3 Å². The van der Waals surface area contributed by atoms with Gasteiger partial charge in [-0.15, -0.1) is 0 Å². The van der Waals surface area contributed by atoms with Gasteiger partial charge in [0.15, 0.2) is 0 Å². The SMILES string of the molecule is Cc1ccc2nc(COC(=O)C(CCc3ccccc3)C(C)C)cc(=O)n2c1. The number of ether oxygens (including phenoxy) is 1. The molecule has 0 fully saturated rings. The molecule has 0 bridgehead atoms. The molecule has 5 heteroatoms. The molecule has 5 nitrogen and oxygen atoms in total. The molecule has 28 heavy (non-hydrogen) atoms. The number of aromatic nitrogens is 2. The molecule has 146 valence electrons. The average Bonchev–Trinajstić information content (AvgIpc) is 2.67. The Bertz CT molecular complexity index is 1010. The number of carbonyl (C=O) groups excluding carboxylic acids is 1. The van der Waals surface area contributed by atoms with Crippen LogP contribution < -0.4 is 5.56 Å². The van der Waals surface area contributed by atoms with Crippen LogP contribution in [0.3, 0.4) is 0 Å². The van der Waals surface area contributed by atoms with E-state index in [0.717, 1.165) is 18.4 Å². The molecule has 3 aromatic rings. The van der Waals surface area contributed by atoms with Crippen LogP contribution in [0.4, 0.5) is 0 Å². The third kappa shape index (κ3) is 4.85. The normalized spacial score (nSPS) is 12.3. The molecule has 0 N–H and O–H groups in total. The highest BCUT2D eigenvalue weighted by Gasteiger charge is 2.23. The summed E-state index contributed by atoms with van der Waals surface area (Å²) in [6, 6.07) is 15.2. The second kappa shape index (κ2) is 8.83. The van der Waals surface area contributed by atoms with Crippen LogP contribution in [-0.4, -0.2) is 15.4 Å². The van der Waals surface area contributed by atoms with Gasteiger partial charge in [0.2, 0.25) is 0 Å². The summed E-state index contributed by atoms with van der Waals surface area (Å²) in [5.74, 6) is -0.254. The van der Waals surface area contributed by atoms with Crippen molar-refractivity contribution < 1.29 is 9.53 Å². The summed E-state index contributed by atoms with van der Waals surface area (Å²) in [7, 11) is 0. The maximum atomic E-state index is 12.6. The zero-order valence-electron chi connectivity index (χ0n) is 16.6. The van der Waals surface area contributed by atoms with Crippen LogP contribution >= 0.6 is 0 Å². The number of hydrogen-bond acceptors (Lipinski definition) is 4. The van der Waals surface area contributed by atoms with Crippen molar-refractivity contribution in [1.82, 2.24) is 9.38 Å². The Balaban J connectivity index is 1.66. The lowest BCUT2D eigenvalue weighted by Crippen LogP contribution is -2.24. The summed E-state index contributed by atoms with van der Waals surface area (Å²) < 4.78 is 7.02. The van der Waals surface area contributed by atoms with E-state index in [9.17, 15) is 9.59 Å². The quantitative estimate of drug-likeness (QED) is 0.584. The van der Waals surface area contributed by atoms with Crippen molar-refractivity contribution in [3.05, 3.63) is 81.9 Å². The maximum absolute atomic E-state index is 12.6. The Kier molecular flexibility index (Phi) is 6.24. The molecule has 0 saturated heterocycles. The highest BCUT2D eigenvalue weighted by Crippen LogP contribution is 2.20. The molecule has 1 aromatic carbocycles. The van der Waals surface area contributed by atoms with E-state index in [1.54, 1.807) is 12.3 Å². The standard InChI is InChI=1S/C23H26N2O3/c1-16(2)20(11-10-18-7-5-4-6-8-18)23(27)28-15-19-13-22(26)25-14-17(3)9-12-21(25)24-19/h4-9,12-14,16,20H,10-11,15H2,1-3H3. The number of hydrogen-bond donors (Lipinski definition) is 0. The summed E-state index contributed by atoms with van der Waals surface area (Å²) in [5, 5.41) is 0. The summed E-state index contributed by atoms with van der Waals surface area (Å²) in [5.41, 5.74) is 3.03. The van der Waals surface area contributed by atoms with Gasteiger partial charge in [-0.25, -0.2) is 4.98 Å². The second-order valence-corrected chi connectivity index (χ2v) is 7.50. The number of fused-ring (bicyclic) bond motifs is 1. The third-order valence-corrected chi connectivity index (χ3v) is 4.92. The number of benzene rings is 1. The molecule has 0 aliphatic heterocycles. The van der Waals surface area contributed by atoms with Gasteiger partial charge in [-0.1, -0.05) is 50.2 Å². The van der Waals surface area contributed by atoms with E-state index < -0.39 is 0 Å². The largest absolute Gasteiger partial charge is 0.459 e. The first kappa shape index (κ1) is 19.8. The Morgan fingerprint density at radius 1 is 1.14 bits per heavy atom. The highest BCUT2D eigenvalue weighted by atomic mass is 16.5. The molecule has 0 spiro atoms. The monoisotopic (exact) mass is 378 g/mol. The van der Waals surface area contributed by atoms with Crippen molar-refractivity contribution >= 4 is 11.6 Å². The van der Waals surface area contributed by atoms with Crippen LogP contribution in [0.2, 0.25) is 0 Å². The van der Waals surface area contributed by atoms with E-state index >= 15 is 0 Å². The molecule has 0 amide bonds. The first-order valence-corrected chi connectivity index (χ1v) is 9.63. The Labute approximate surface area is 165 Å². The van der Waals surface area contributed by atoms with E-state index in [1.807, 2.05) is 45.0 Å². The fraction of sp³-hybridized carbons (Fsp3) is 0.348. The number of esters is 1. The molecule has 2 heterocycles. The zero-order valence-corrected chi connectivity index (χ0v) is 16.6. The minimum atomic E-state index is -0.239. The minimum absolute atomic E-state index is 0.00695. The number of carbonyl (C=O) groups is 1. The van der Waals surface area contributed by atoms with Crippen LogP contribution in [0.5, 0.6) is 0 Å². The summed E-state index contributed by atoms with van der Waals surface area (Å²) in [6.45, 7) is 5.98. The Morgan fingerprint density at radius 2 is 1.89 bits per heavy atom. The third-order valence-electron chi connectivity index (χ3n) is 4.92.